The van der Waals surface area contributed by atoms with Crippen molar-refractivity contribution in [1.82, 2.24) is 0 Å². The second-order valence-corrected chi connectivity index (χ2v) is 7.39. The largest absolute Gasteiger partial charge is 0.385 e. The molecule has 0 bridgehead atoms. The second-order valence-electron chi connectivity index (χ2n) is 6.95. The molecule has 4 nitrogen and oxygen atoms in total. The van der Waals surface area contributed by atoms with Crippen LogP contribution in [0.15, 0.2) is 48.5 Å². The summed E-state index contributed by atoms with van der Waals surface area (Å²) in [4.78, 5) is 14.4. The lowest BCUT2D eigenvalue weighted by molar-refractivity contribution is -0.115. The normalized spacial score (nSPS) is 14.9. The smallest absolute Gasteiger partial charge is 0.226 e. The number of nitrogens with one attached hydrogen (secondary N) is 2. The standard InChI is InChI=1S/C21H26ClN3O/c1-16-10-13-25(14-11-16)20-7-5-18(6-8-20)23-12-9-21(26)24-19-4-2-3-17(22)15-19/h2-8,15-16,23H,9-14H2,1H3,(H,24,26). The summed E-state index contributed by atoms with van der Waals surface area (Å²) < 4.78 is 0. The number of nitrogens with zero attached hydrogens (tertiary/aromatic N) is 1. The summed E-state index contributed by atoms with van der Waals surface area (Å²) in [6.45, 7) is 5.19. The molecule has 1 amide bonds. The summed E-state index contributed by atoms with van der Waals surface area (Å²) >= 11 is 5.92. The van der Waals surface area contributed by atoms with Gasteiger partial charge in [0.2, 0.25) is 5.91 Å². The Hall–Kier alpha value is -2.20. The molecule has 1 fully saturated rings. The highest BCUT2D eigenvalue weighted by Gasteiger charge is 2.15. The summed E-state index contributed by atoms with van der Waals surface area (Å²) in [6.07, 6.45) is 2.93. The SMILES string of the molecule is CC1CCN(c2ccc(NCCC(=O)Nc3cccc(Cl)c3)cc2)CC1. The zero-order valence-corrected chi connectivity index (χ0v) is 15.9. The highest BCUT2D eigenvalue weighted by molar-refractivity contribution is 6.30. The molecular weight excluding hydrogens is 346 g/mol. The Balaban J connectivity index is 1.42. The maximum absolute atomic E-state index is 12.0. The van der Waals surface area contributed by atoms with E-state index in [1.807, 2.05) is 12.1 Å². The third-order valence-corrected chi connectivity index (χ3v) is 5.04. The van der Waals surface area contributed by atoms with Crippen molar-refractivity contribution >= 4 is 34.6 Å². The van der Waals surface area contributed by atoms with E-state index in [1.165, 1.54) is 18.5 Å². The van der Waals surface area contributed by atoms with Gasteiger partial charge in [-0.05, 0) is 61.2 Å². The second kappa shape index (κ2) is 8.95. The molecular formula is C21H26ClN3O. The minimum absolute atomic E-state index is 0.0289. The van der Waals surface area contributed by atoms with Crippen LogP contribution in [0.25, 0.3) is 0 Å². The van der Waals surface area contributed by atoms with Crippen LogP contribution in [0.5, 0.6) is 0 Å². The minimum Gasteiger partial charge on any atom is -0.385 e. The predicted octanol–water partition coefficient (Wildman–Crippen LogP) is 5.02. The van der Waals surface area contributed by atoms with Crippen LogP contribution in [-0.4, -0.2) is 25.5 Å². The molecule has 0 aliphatic carbocycles. The molecule has 0 spiro atoms. The number of hydrogen-bond acceptors (Lipinski definition) is 3. The lowest BCUT2D eigenvalue weighted by atomic mass is 9.99. The lowest BCUT2D eigenvalue weighted by Gasteiger charge is -2.32. The van der Waals surface area contributed by atoms with Gasteiger partial charge in [0.05, 0.1) is 0 Å². The van der Waals surface area contributed by atoms with Gasteiger partial charge in [-0.1, -0.05) is 24.6 Å². The quantitative estimate of drug-likeness (QED) is 0.749. The number of halogens is 1. The van der Waals surface area contributed by atoms with Crippen LogP contribution in [-0.2, 0) is 4.79 Å². The van der Waals surface area contributed by atoms with Crippen LogP contribution in [0.3, 0.4) is 0 Å². The van der Waals surface area contributed by atoms with Crippen LogP contribution in [0, 0.1) is 5.92 Å². The predicted molar refractivity (Wildman–Crippen MR) is 110 cm³/mol. The summed E-state index contributed by atoms with van der Waals surface area (Å²) in [6, 6.07) is 15.7. The molecule has 0 unspecified atom stereocenters. The number of hydrogen-bond donors (Lipinski definition) is 2. The number of piperidine rings is 1. The maximum atomic E-state index is 12.0. The summed E-state index contributed by atoms with van der Waals surface area (Å²) in [7, 11) is 0. The molecule has 1 aliphatic heterocycles. The van der Waals surface area contributed by atoms with Gasteiger partial charge in [0.25, 0.3) is 0 Å². The molecule has 1 aliphatic rings. The van der Waals surface area contributed by atoms with E-state index in [4.69, 9.17) is 11.6 Å². The van der Waals surface area contributed by atoms with Crippen LogP contribution in [0.4, 0.5) is 17.1 Å². The van der Waals surface area contributed by atoms with Gasteiger partial charge < -0.3 is 15.5 Å². The fourth-order valence-corrected chi connectivity index (χ4v) is 3.36. The zero-order chi connectivity index (χ0) is 18.4. The van der Waals surface area contributed by atoms with Gasteiger partial charge >= 0.3 is 0 Å². The highest BCUT2D eigenvalue weighted by Crippen LogP contribution is 2.24. The first-order chi connectivity index (χ1) is 12.6. The van der Waals surface area contributed by atoms with Crippen molar-refractivity contribution in [3.05, 3.63) is 53.6 Å². The van der Waals surface area contributed by atoms with Crippen molar-refractivity contribution in [2.75, 3.05) is 35.2 Å². The average Bonchev–Trinajstić information content (AvgIpc) is 2.63. The minimum atomic E-state index is -0.0289. The molecule has 138 valence electrons. The van der Waals surface area contributed by atoms with Crippen molar-refractivity contribution in [2.24, 2.45) is 5.92 Å². The average molecular weight is 372 g/mol. The number of rotatable bonds is 6. The molecule has 1 heterocycles. The van der Waals surface area contributed by atoms with Crippen LogP contribution in [0.1, 0.15) is 26.2 Å². The van der Waals surface area contributed by atoms with E-state index >= 15 is 0 Å². The first-order valence-corrected chi connectivity index (χ1v) is 9.62. The monoisotopic (exact) mass is 371 g/mol. The Morgan fingerprint density at radius 1 is 1.12 bits per heavy atom. The summed E-state index contributed by atoms with van der Waals surface area (Å²) in [5.74, 6) is 0.809. The van der Waals surface area contributed by atoms with Crippen molar-refractivity contribution in [2.45, 2.75) is 26.2 Å². The van der Waals surface area contributed by atoms with Crippen molar-refractivity contribution in [1.29, 1.82) is 0 Å². The third kappa shape index (κ3) is 5.40. The number of carbonyl (C=O) groups excluding carboxylic acids is 1. The van der Waals surface area contributed by atoms with Gasteiger partial charge in [-0.3, -0.25) is 4.79 Å². The summed E-state index contributed by atoms with van der Waals surface area (Å²) in [5, 5.41) is 6.77. The Kier molecular flexibility index (Phi) is 6.40. The molecule has 0 atom stereocenters. The molecule has 2 aromatic carbocycles. The highest BCUT2D eigenvalue weighted by atomic mass is 35.5. The molecule has 0 radical (unpaired) electrons. The lowest BCUT2D eigenvalue weighted by Crippen LogP contribution is -2.32. The number of carbonyl (C=O) groups is 1. The van der Waals surface area contributed by atoms with E-state index in [0.29, 0.717) is 18.0 Å². The fraction of sp³-hybridized carbons (Fsp3) is 0.381. The van der Waals surface area contributed by atoms with Crippen LogP contribution in [0.2, 0.25) is 5.02 Å². The van der Waals surface area contributed by atoms with Crippen molar-refractivity contribution in [3.63, 3.8) is 0 Å². The molecule has 26 heavy (non-hydrogen) atoms. The van der Waals surface area contributed by atoms with E-state index in [9.17, 15) is 4.79 Å². The number of amides is 1. The molecule has 3 rings (SSSR count). The third-order valence-electron chi connectivity index (χ3n) is 4.81. The zero-order valence-electron chi connectivity index (χ0n) is 15.2. The molecule has 1 saturated heterocycles. The number of anilines is 3. The van der Waals surface area contributed by atoms with Crippen LogP contribution < -0.4 is 15.5 Å². The van der Waals surface area contributed by atoms with E-state index in [-0.39, 0.29) is 5.91 Å². The van der Waals surface area contributed by atoms with Crippen molar-refractivity contribution < 1.29 is 4.79 Å². The van der Waals surface area contributed by atoms with Crippen molar-refractivity contribution in [3.8, 4) is 0 Å². The first kappa shape index (κ1) is 18.6. The van der Waals surface area contributed by atoms with E-state index < -0.39 is 0 Å². The molecule has 5 heteroatoms. The van der Waals surface area contributed by atoms with Gasteiger partial charge in [0, 0.05) is 48.1 Å². The molecule has 2 aromatic rings. The molecule has 0 aromatic heterocycles. The van der Waals surface area contributed by atoms with E-state index in [0.717, 1.165) is 30.4 Å². The van der Waals surface area contributed by atoms with Crippen LogP contribution >= 0.6 is 11.6 Å². The van der Waals surface area contributed by atoms with Gasteiger partial charge in [0.1, 0.15) is 0 Å². The van der Waals surface area contributed by atoms with Gasteiger partial charge in [-0.15, -0.1) is 0 Å². The van der Waals surface area contributed by atoms with E-state index in [1.54, 1.807) is 12.1 Å². The first-order valence-electron chi connectivity index (χ1n) is 9.24. The van der Waals surface area contributed by atoms with Gasteiger partial charge in [-0.2, -0.15) is 0 Å². The van der Waals surface area contributed by atoms with Gasteiger partial charge in [-0.25, -0.2) is 0 Å². The summed E-state index contributed by atoms with van der Waals surface area (Å²) in [5.41, 5.74) is 3.04. The number of benzene rings is 2. The molecule has 0 saturated carbocycles. The van der Waals surface area contributed by atoms with E-state index in [2.05, 4.69) is 46.7 Å². The Morgan fingerprint density at radius 3 is 2.54 bits per heavy atom. The Bertz CT molecular complexity index is 724. The maximum Gasteiger partial charge on any atom is 0.226 e. The topological polar surface area (TPSA) is 44.4 Å². The van der Waals surface area contributed by atoms with Gasteiger partial charge in [0.15, 0.2) is 0 Å². The molecule has 2 N–H and O–H groups in total. The Morgan fingerprint density at radius 2 is 1.85 bits per heavy atom. The Labute approximate surface area is 160 Å². The fourth-order valence-electron chi connectivity index (χ4n) is 3.17.